The number of nitrogens with two attached hydrogens (primary N) is 3. The van der Waals surface area contributed by atoms with Gasteiger partial charge in [-0.1, -0.05) is 97.8 Å². The van der Waals surface area contributed by atoms with E-state index in [9.17, 15) is 47.9 Å². The maximum absolute atomic E-state index is 13.7. The first kappa shape index (κ1) is 86.1. The Kier molecular flexibility index (Phi) is 44.7. The van der Waals surface area contributed by atoms with Gasteiger partial charge < -0.3 is 81.7 Å². The number of terminal acetylenes is 1. The molecule has 5 amide bonds. The van der Waals surface area contributed by atoms with Crippen LogP contribution in [0.5, 0.6) is 0 Å². The minimum atomic E-state index is -1.01. The Labute approximate surface area is 574 Å². The third-order valence-electron chi connectivity index (χ3n) is 18.2. The van der Waals surface area contributed by atoms with Gasteiger partial charge in [0.1, 0.15) is 24.6 Å². The van der Waals surface area contributed by atoms with Crippen molar-refractivity contribution in [1.29, 1.82) is 5.41 Å². The van der Waals surface area contributed by atoms with Gasteiger partial charge in [0.25, 0.3) is 0 Å². The SMILES string of the molecule is C#CCOCCOCCOCCOCCC(=O)N[C@H](CCC(=O)CCCCCCCNC(=O)O[C@H]1[C@@H]([C@@H](NC(C)=O)C(CC)CC)[C@H](N=C(N)N)C[C@@H]1C(=O)OC)C(=O)CCC(=O)NCCCCCCCC(=O)O[C@H]1[C@@H]([C@@H](NC(C)=O)C(CC)CC)[C@H](CC(=N)N)C[C@@H]1C(=O)OC. The lowest BCUT2D eigenvalue weighted by molar-refractivity contribution is -0.162. The fourth-order valence-corrected chi connectivity index (χ4v) is 13.3. The van der Waals surface area contributed by atoms with Crippen molar-refractivity contribution in [3.05, 3.63) is 0 Å². The van der Waals surface area contributed by atoms with Gasteiger partial charge in [-0.25, -0.2) is 9.79 Å². The maximum atomic E-state index is 13.7. The number of carbonyl (C=O) groups excluding carboxylic acids is 10. The van der Waals surface area contributed by atoms with E-state index in [-0.39, 0.29) is 150 Å². The molecule has 0 aromatic rings. The summed E-state index contributed by atoms with van der Waals surface area (Å²) >= 11 is 0. The lowest BCUT2D eigenvalue weighted by Gasteiger charge is -2.37. The lowest BCUT2D eigenvalue weighted by Crippen LogP contribution is -2.52. The van der Waals surface area contributed by atoms with E-state index in [0.29, 0.717) is 84.3 Å². The number of alkyl carbamates (subject to hydrolysis) is 1. The van der Waals surface area contributed by atoms with Crippen molar-refractivity contribution in [3.63, 3.8) is 0 Å². The summed E-state index contributed by atoms with van der Waals surface area (Å²) in [7, 11) is 2.53. The fraction of sp³-hybridized carbons (Fsp3) is 0.797. The van der Waals surface area contributed by atoms with Crippen LogP contribution in [0.3, 0.4) is 0 Å². The summed E-state index contributed by atoms with van der Waals surface area (Å²) in [6.07, 6.45) is 12.8. The van der Waals surface area contributed by atoms with E-state index in [0.717, 1.165) is 44.9 Å². The number of Topliss-reactive ketones (excluding diaryl/α,β-unsaturated/α-hetero) is 2. The van der Waals surface area contributed by atoms with Crippen LogP contribution in [0.4, 0.5) is 4.79 Å². The first-order chi connectivity index (χ1) is 46.5. The quantitative estimate of drug-likeness (QED) is 0.00949. The Morgan fingerprint density at radius 1 is 0.557 bits per heavy atom. The normalized spacial score (nSPS) is 19.7. The van der Waals surface area contributed by atoms with Crippen LogP contribution in [0.1, 0.15) is 196 Å². The summed E-state index contributed by atoms with van der Waals surface area (Å²) < 4.78 is 43.9. The van der Waals surface area contributed by atoms with Crippen LogP contribution < -0.4 is 43.8 Å². The average Bonchev–Trinajstić information content (AvgIpc) is 1.65. The van der Waals surface area contributed by atoms with Gasteiger partial charge in [-0.2, -0.15) is 0 Å². The number of guanidine groups is 1. The van der Waals surface area contributed by atoms with E-state index in [1.54, 1.807) is 0 Å². The van der Waals surface area contributed by atoms with Gasteiger partial charge in [0, 0.05) is 95.8 Å². The van der Waals surface area contributed by atoms with Crippen LogP contribution in [0, 0.1) is 59.2 Å². The first-order valence-corrected chi connectivity index (χ1v) is 35.1. The minimum Gasteiger partial charge on any atom is -0.469 e. The number of nitrogens with zero attached hydrogens (tertiary/aromatic N) is 1. The second-order valence-corrected chi connectivity index (χ2v) is 25.2. The molecule has 2 saturated carbocycles. The van der Waals surface area contributed by atoms with Crippen molar-refractivity contribution in [3.8, 4) is 12.3 Å². The summed E-state index contributed by atoms with van der Waals surface area (Å²) in [5.74, 6) is -4.36. The molecule has 28 nitrogen and oxygen atoms in total. The molecule has 12 N–H and O–H groups in total. The zero-order valence-electron chi connectivity index (χ0n) is 59.2. The summed E-state index contributed by atoms with van der Waals surface area (Å²) in [6, 6.07) is -2.59. The molecule has 0 saturated heterocycles. The van der Waals surface area contributed by atoms with Gasteiger partial charge in [0.15, 0.2) is 11.7 Å². The molecule has 97 heavy (non-hydrogen) atoms. The molecule has 28 heteroatoms. The van der Waals surface area contributed by atoms with E-state index in [1.807, 2.05) is 27.7 Å². The van der Waals surface area contributed by atoms with E-state index in [2.05, 4.69) is 37.5 Å². The largest absolute Gasteiger partial charge is 0.469 e. The smallest absolute Gasteiger partial charge is 0.407 e. The number of ether oxygens (including phenoxy) is 8. The highest BCUT2D eigenvalue weighted by Gasteiger charge is 2.55. The predicted molar refractivity (Wildman–Crippen MR) is 364 cm³/mol. The van der Waals surface area contributed by atoms with Gasteiger partial charge in [0.05, 0.1) is 90.2 Å². The third kappa shape index (κ3) is 34.4. The number of aliphatic imine (C=N–C) groups is 1. The molecule has 2 rings (SSSR count). The van der Waals surface area contributed by atoms with Crippen molar-refractivity contribution < 1.29 is 85.8 Å². The van der Waals surface area contributed by atoms with Gasteiger partial charge in [-0.05, 0) is 62.7 Å². The van der Waals surface area contributed by atoms with Crippen molar-refractivity contribution in [2.45, 2.75) is 232 Å². The molecule has 2 aliphatic rings. The van der Waals surface area contributed by atoms with Crippen LogP contribution >= 0.6 is 0 Å². The van der Waals surface area contributed by atoms with Crippen LogP contribution in [-0.2, 0) is 81.0 Å². The van der Waals surface area contributed by atoms with E-state index in [1.165, 1.54) is 28.1 Å². The molecule has 0 bridgehead atoms. The van der Waals surface area contributed by atoms with Crippen molar-refractivity contribution in [2.24, 2.45) is 63.6 Å². The first-order valence-electron chi connectivity index (χ1n) is 35.1. The number of methoxy groups -OCH3 is 2. The second-order valence-electron chi connectivity index (χ2n) is 25.2. The zero-order valence-corrected chi connectivity index (χ0v) is 59.2. The number of rotatable bonds is 54. The third-order valence-corrected chi connectivity index (χ3v) is 18.2. The van der Waals surface area contributed by atoms with Crippen LogP contribution in [0.25, 0.3) is 0 Å². The van der Waals surface area contributed by atoms with E-state index >= 15 is 0 Å². The summed E-state index contributed by atoms with van der Waals surface area (Å²) in [6.45, 7) is 13.7. The molecule has 0 aromatic carbocycles. The molecule has 0 unspecified atom stereocenters. The molecule has 0 radical (unpaired) electrons. The summed E-state index contributed by atoms with van der Waals surface area (Å²) in [5.41, 5.74) is 17.5. The standard InChI is InChI=1S/C69H118N10O18/c1-10-34-92-36-38-94-40-41-95-39-37-93-35-31-58(85)78-53(28-27-50(82)25-21-17-15-20-24-33-75-69(89)97-65-52(67(88)91-9)44-54(79-68(72)73)61(65)63(77-46(7)81)48(13-4)14-5)55(83)29-30-57(84)74-32-23-19-16-18-22-26-59(86)96-64-51(66(87)90-8)42-49(43-56(70)71)60(64)62(76-45(6)80)47(11-2)12-3/h1,47-49,51-54,60-65H,11-44H2,2-9H3,(H3,70,71)(H,74,84)(H,75,89)(H,76,80)(H,77,81)(H,78,85)(H4,72,73,79)/t49-,51-,52-,53+,54+,60+,61+,62-,63-,64+,65+/m0/s1. The topological polar surface area (TPSA) is 419 Å². The number of hydrogen-bond acceptors (Lipinski definition) is 20. The number of nitrogens with one attached hydrogen (secondary N) is 6. The summed E-state index contributed by atoms with van der Waals surface area (Å²) in [4.78, 5) is 135. The van der Waals surface area contributed by atoms with Gasteiger partial charge in [-0.3, -0.25) is 48.6 Å². The number of amides is 5. The number of hydrogen-bond donors (Lipinski definition) is 9. The Bertz CT molecular complexity index is 2490. The monoisotopic (exact) mass is 1370 g/mol. The van der Waals surface area contributed by atoms with Crippen LogP contribution in [0.2, 0.25) is 0 Å². The molecular formula is C69H118N10O18. The van der Waals surface area contributed by atoms with Gasteiger partial charge in [0.2, 0.25) is 23.6 Å². The number of amidine groups is 1. The molecular weight excluding hydrogens is 1260 g/mol. The Hall–Kier alpha value is -6.96. The Morgan fingerprint density at radius 2 is 1.05 bits per heavy atom. The lowest BCUT2D eigenvalue weighted by atomic mass is 9.77. The fourth-order valence-electron chi connectivity index (χ4n) is 13.3. The second kappa shape index (κ2) is 50.4. The number of unbranched alkanes of at least 4 members (excludes halogenated alkanes) is 8. The van der Waals surface area contributed by atoms with E-state index in [4.69, 9.17) is 66.9 Å². The van der Waals surface area contributed by atoms with Crippen LogP contribution in [0.15, 0.2) is 4.99 Å². The molecule has 0 heterocycles. The molecule has 0 spiro atoms. The molecule has 0 aliphatic heterocycles. The van der Waals surface area contributed by atoms with Crippen molar-refractivity contribution in [1.82, 2.24) is 26.6 Å². The van der Waals surface area contributed by atoms with Gasteiger partial charge >= 0.3 is 24.0 Å². The number of carbonyl (C=O) groups is 10. The minimum absolute atomic E-state index is 0.0206. The highest BCUT2D eigenvalue weighted by molar-refractivity contribution is 5.92. The zero-order chi connectivity index (χ0) is 72.1. The van der Waals surface area contributed by atoms with Crippen LogP contribution in [-0.4, -0.2) is 188 Å². The number of esters is 3. The van der Waals surface area contributed by atoms with Crippen molar-refractivity contribution in [2.75, 3.05) is 80.2 Å². The molecule has 2 fully saturated rings. The predicted octanol–water partition coefficient (Wildman–Crippen LogP) is 5.15. The molecule has 2 aliphatic carbocycles. The summed E-state index contributed by atoms with van der Waals surface area (Å²) in [5, 5.41) is 22.6. The van der Waals surface area contributed by atoms with Gasteiger partial charge in [-0.15, -0.1) is 6.42 Å². The highest BCUT2D eigenvalue weighted by Crippen LogP contribution is 2.46. The van der Waals surface area contributed by atoms with Crippen molar-refractivity contribution >= 4 is 71.0 Å². The Morgan fingerprint density at radius 3 is 1.58 bits per heavy atom. The molecule has 552 valence electrons. The average molecular weight is 1380 g/mol. The maximum Gasteiger partial charge on any atom is 0.407 e. The van der Waals surface area contributed by atoms with E-state index < -0.39 is 90.0 Å². The Balaban J connectivity index is 1.92. The molecule has 0 aromatic heterocycles. The molecule has 11 atom stereocenters. The number of ketones is 2. The highest BCUT2D eigenvalue weighted by atomic mass is 16.6.